The molecule has 2 fully saturated rings. The zero-order valence-electron chi connectivity index (χ0n) is 18.5. The molecule has 0 saturated carbocycles. The number of nitrogens with zero attached hydrogens (tertiary/aromatic N) is 4. The average Bonchev–Trinajstić information content (AvgIpc) is 3.13. The highest BCUT2D eigenvalue weighted by Crippen LogP contribution is 2.41. The number of methoxy groups -OCH3 is 1. The van der Waals surface area contributed by atoms with Gasteiger partial charge in [-0.3, -0.25) is 24.4 Å². The van der Waals surface area contributed by atoms with Crippen LogP contribution in [0.2, 0.25) is 0 Å². The van der Waals surface area contributed by atoms with Crippen LogP contribution < -0.4 is 10.4 Å². The molecule has 178 valence electrons. The van der Waals surface area contributed by atoms with Crippen LogP contribution in [0.1, 0.15) is 34.1 Å². The van der Waals surface area contributed by atoms with Crippen molar-refractivity contribution in [3.8, 4) is 0 Å². The third-order valence-electron chi connectivity index (χ3n) is 5.75. The van der Waals surface area contributed by atoms with Crippen LogP contribution in [0.3, 0.4) is 0 Å². The van der Waals surface area contributed by atoms with E-state index in [4.69, 9.17) is 20.2 Å². The summed E-state index contributed by atoms with van der Waals surface area (Å²) in [6, 6.07) is -2.92. The third kappa shape index (κ3) is 5.28. The van der Waals surface area contributed by atoms with Crippen LogP contribution in [0.4, 0.5) is 4.79 Å². The second-order valence-electron chi connectivity index (χ2n) is 8.10. The number of azide groups is 1. The summed E-state index contributed by atoms with van der Waals surface area (Å²) in [6.07, 6.45) is -1.59. The Labute approximate surface area is 185 Å². The lowest BCUT2D eigenvalue weighted by Crippen LogP contribution is -2.65. The van der Waals surface area contributed by atoms with Crippen molar-refractivity contribution in [2.75, 3.05) is 13.7 Å². The minimum absolute atomic E-state index is 0.126. The number of nitrogens with one attached hydrogen (secondary N) is 3. The normalized spacial score (nSPS) is 30.0. The van der Waals surface area contributed by atoms with Gasteiger partial charge in [0.1, 0.15) is 12.3 Å². The maximum absolute atomic E-state index is 12.8. The molecule has 2 saturated heterocycles. The summed E-state index contributed by atoms with van der Waals surface area (Å²) in [4.78, 5) is 40.4. The van der Waals surface area contributed by atoms with E-state index in [1.165, 1.54) is 18.9 Å². The molecular weight excluding hydrogens is 445 g/mol. The zero-order valence-corrected chi connectivity index (χ0v) is 19.4. The molecule has 2 aliphatic heterocycles. The molecule has 3 N–H and O–H groups in total. The van der Waals surface area contributed by atoms with Crippen LogP contribution >= 0.6 is 7.52 Å². The number of hydrogen-bond donors (Lipinski definition) is 3. The summed E-state index contributed by atoms with van der Waals surface area (Å²) in [7, 11) is -2.72. The van der Waals surface area contributed by atoms with Crippen molar-refractivity contribution < 1.29 is 32.9 Å². The standard InChI is InChI=1S/C17H28N7O7P/c1-9(14(25)29-5)22-32(28,8-18)30-7-12-11(21-23-19)6-13(31-12)24-10(2)17(3,4)15(26)20-16(24)27/h8-13,18H,6-7H2,1-5H3,(H,22,28)(H,20,26,27). The molecule has 0 radical (unpaired) electrons. The van der Waals surface area contributed by atoms with Crippen LogP contribution in [-0.4, -0.2) is 72.9 Å². The molecule has 32 heavy (non-hydrogen) atoms. The number of amides is 3. The molecule has 0 aromatic rings. The van der Waals surface area contributed by atoms with Gasteiger partial charge in [-0.25, -0.2) is 9.88 Å². The Morgan fingerprint density at radius 1 is 1.56 bits per heavy atom. The van der Waals surface area contributed by atoms with Gasteiger partial charge in [0.05, 0.1) is 37.2 Å². The van der Waals surface area contributed by atoms with Gasteiger partial charge in [-0.2, -0.15) is 0 Å². The van der Waals surface area contributed by atoms with E-state index in [9.17, 15) is 18.9 Å². The Kier molecular flexibility index (Phi) is 8.02. The largest absolute Gasteiger partial charge is 0.468 e. The molecule has 0 aromatic carbocycles. The predicted octanol–water partition coefficient (Wildman–Crippen LogP) is 1.71. The van der Waals surface area contributed by atoms with Gasteiger partial charge in [0.15, 0.2) is 0 Å². The second-order valence-corrected chi connectivity index (χ2v) is 10.1. The quantitative estimate of drug-likeness (QED) is 0.112. The fourth-order valence-electron chi connectivity index (χ4n) is 3.44. The number of hydrogen-bond acceptors (Lipinski definition) is 9. The molecule has 0 aliphatic carbocycles. The highest BCUT2D eigenvalue weighted by atomic mass is 31.2. The topological polar surface area (TPSA) is 196 Å². The van der Waals surface area contributed by atoms with Gasteiger partial charge in [0.25, 0.3) is 0 Å². The van der Waals surface area contributed by atoms with Crippen molar-refractivity contribution in [2.45, 2.75) is 64.6 Å². The minimum atomic E-state index is -3.89. The maximum atomic E-state index is 12.8. The molecule has 6 atom stereocenters. The van der Waals surface area contributed by atoms with Crippen LogP contribution in [0, 0.1) is 10.8 Å². The molecule has 0 spiro atoms. The van der Waals surface area contributed by atoms with Gasteiger partial charge < -0.3 is 19.4 Å². The number of urea groups is 1. The maximum Gasteiger partial charge on any atom is 0.326 e. The molecule has 6 unspecified atom stereocenters. The third-order valence-corrected chi connectivity index (χ3v) is 7.36. The van der Waals surface area contributed by atoms with Crippen molar-refractivity contribution in [1.29, 1.82) is 5.41 Å². The minimum Gasteiger partial charge on any atom is -0.468 e. The zero-order chi connectivity index (χ0) is 24.3. The highest BCUT2D eigenvalue weighted by molar-refractivity contribution is 7.72. The van der Waals surface area contributed by atoms with E-state index in [1.807, 2.05) is 0 Å². The van der Waals surface area contributed by atoms with E-state index < -0.39 is 61.3 Å². The van der Waals surface area contributed by atoms with E-state index >= 15 is 0 Å². The van der Waals surface area contributed by atoms with Gasteiger partial charge in [-0.15, -0.1) is 0 Å². The van der Waals surface area contributed by atoms with Crippen LogP contribution in [0.25, 0.3) is 10.4 Å². The number of ether oxygens (including phenoxy) is 2. The summed E-state index contributed by atoms with van der Waals surface area (Å²) in [5.41, 5.74) is 8.03. The first-order chi connectivity index (χ1) is 14.9. The smallest absolute Gasteiger partial charge is 0.326 e. The van der Waals surface area contributed by atoms with Crippen molar-refractivity contribution in [2.24, 2.45) is 10.5 Å². The Hall–Kier alpha value is -2.50. The van der Waals surface area contributed by atoms with Crippen LogP contribution in [-0.2, 0) is 28.2 Å². The SMILES string of the molecule is COC(=O)C(C)NP(=O)(C=N)OCC1OC(N2C(=O)NC(=O)C(C)(C)C2C)CC1N=[N+]=[N-]. The molecule has 0 bridgehead atoms. The summed E-state index contributed by atoms with van der Waals surface area (Å²) >= 11 is 0. The summed E-state index contributed by atoms with van der Waals surface area (Å²) in [5, 5.41) is 15.8. The lowest BCUT2D eigenvalue weighted by Gasteiger charge is -2.45. The van der Waals surface area contributed by atoms with Crippen LogP contribution in [0.15, 0.2) is 5.11 Å². The molecular formula is C17H28N7O7P. The van der Waals surface area contributed by atoms with Gasteiger partial charge in [-0.1, -0.05) is 5.11 Å². The second kappa shape index (κ2) is 9.97. The Morgan fingerprint density at radius 3 is 2.78 bits per heavy atom. The van der Waals surface area contributed by atoms with Gasteiger partial charge in [0, 0.05) is 17.4 Å². The number of esters is 1. The van der Waals surface area contributed by atoms with E-state index in [0.29, 0.717) is 5.96 Å². The van der Waals surface area contributed by atoms with Gasteiger partial charge in [0.2, 0.25) is 5.91 Å². The van der Waals surface area contributed by atoms with Crippen molar-refractivity contribution in [3.63, 3.8) is 0 Å². The molecule has 0 aromatic heterocycles. The summed E-state index contributed by atoms with van der Waals surface area (Å²) in [6.45, 7) is 6.16. The average molecular weight is 473 g/mol. The summed E-state index contributed by atoms with van der Waals surface area (Å²) < 4.78 is 28.6. The van der Waals surface area contributed by atoms with Crippen LogP contribution in [0.5, 0.6) is 0 Å². The number of carbonyl (C=O) groups is 3. The van der Waals surface area contributed by atoms with Gasteiger partial charge in [-0.05, 0) is 33.2 Å². The van der Waals surface area contributed by atoms with E-state index in [-0.39, 0.29) is 13.0 Å². The first-order valence-corrected chi connectivity index (χ1v) is 11.5. The predicted molar refractivity (Wildman–Crippen MR) is 112 cm³/mol. The first-order valence-electron chi connectivity index (χ1n) is 9.85. The van der Waals surface area contributed by atoms with E-state index in [2.05, 4.69) is 25.2 Å². The Bertz CT molecular complexity index is 875. The molecule has 2 rings (SSSR count). The van der Waals surface area contributed by atoms with Gasteiger partial charge >= 0.3 is 19.5 Å². The molecule has 2 heterocycles. The first kappa shape index (κ1) is 25.8. The van der Waals surface area contributed by atoms with Crippen molar-refractivity contribution in [1.82, 2.24) is 15.3 Å². The molecule has 14 nitrogen and oxygen atoms in total. The van der Waals surface area contributed by atoms with E-state index in [0.717, 1.165) is 0 Å². The van der Waals surface area contributed by atoms with Crippen molar-refractivity contribution >= 4 is 31.4 Å². The number of rotatable bonds is 9. The van der Waals surface area contributed by atoms with Crippen molar-refractivity contribution in [3.05, 3.63) is 10.4 Å². The Balaban J connectivity index is 2.15. The number of carbonyl (C=O) groups excluding carboxylic acids is 3. The lowest BCUT2D eigenvalue weighted by molar-refractivity contribution is -0.142. The number of imide groups is 1. The fourth-order valence-corrected chi connectivity index (χ4v) is 4.67. The highest BCUT2D eigenvalue weighted by Gasteiger charge is 2.50. The molecule has 3 amide bonds. The Morgan fingerprint density at radius 2 is 2.22 bits per heavy atom. The molecule has 2 aliphatic rings. The molecule has 15 heteroatoms. The monoisotopic (exact) mass is 473 g/mol. The lowest BCUT2D eigenvalue weighted by atomic mass is 9.81. The fraction of sp³-hybridized carbons (Fsp3) is 0.765. The van der Waals surface area contributed by atoms with E-state index in [1.54, 1.807) is 20.8 Å². The summed E-state index contributed by atoms with van der Waals surface area (Å²) in [5.74, 6) is -0.550.